The Balaban J connectivity index is 1.12. The van der Waals surface area contributed by atoms with Gasteiger partial charge in [0.2, 0.25) is 29.5 Å². The molecule has 9 rings (SSSR count). The summed E-state index contributed by atoms with van der Waals surface area (Å²) in [7, 11) is 0. The number of carbonyl (C=O) groups is 7. The number of fused-ring (bicyclic) bond motifs is 2. The summed E-state index contributed by atoms with van der Waals surface area (Å²) in [6.45, 7) is 3.78. The van der Waals surface area contributed by atoms with Crippen molar-refractivity contribution in [3.05, 3.63) is 173 Å². The second-order valence-electron chi connectivity index (χ2n) is 21.1. The summed E-state index contributed by atoms with van der Waals surface area (Å²) in [5.74, 6) is -3.99. The van der Waals surface area contributed by atoms with E-state index in [0.717, 1.165) is 53.5 Å². The topological polar surface area (TPSA) is 255 Å². The van der Waals surface area contributed by atoms with Crippen molar-refractivity contribution in [2.24, 2.45) is 17.6 Å². The van der Waals surface area contributed by atoms with Gasteiger partial charge in [0.05, 0.1) is 12.6 Å². The third-order valence-electron chi connectivity index (χ3n) is 15.4. The van der Waals surface area contributed by atoms with Gasteiger partial charge in [-0.1, -0.05) is 115 Å². The fraction of sp³-hybridized carbons (Fsp3) is 0.371. The Bertz CT molecular complexity index is 3100. The van der Waals surface area contributed by atoms with E-state index in [1.165, 1.54) is 4.90 Å². The van der Waals surface area contributed by atoms with Crippen LogP contribution in [0.3, 0.4) is 0 Å². The molecule has 3 fully saturated rings. The van der Waals surface area contributed by atoms with Crippen molar-refractivity contribution in [1.82, 2.24) is 41.8 Å². The van der Waals surface area contributed by atoms with Gasteiger partial charge in [0, 0.05) is 68.2 Å². The number of aryl methyl sites for hydroxylation is 1. The molecule has 7 atom stereocenters. The Morgan fingerprint density at radius 3 is 2.04 bits per heavy atom. The van der Waals surface area contributed by atoms with Crippen molar-refractivity contribution < 1.29 is 43.0 Å². The number of nitrogens with one attached hydrogen (secondary N) is 7. The van der Waals surface area contributed by atoms with Crippen molar-refractivity contribution in [2.75, 3.05) is 32.7 Å². The predicted molar refractivity (Wildman–Crippen MR) is 302 cm³/mol. The van der Waals surface area contributed by atoms with Gasteiger partial charge in [-0.25, -0.2) is 4.79 Å². The van der Waals surface area contributed by atoms with E-state index in [4.69, 9.17) is 15.2 Å². The number of ether oxygens (including phenoxy) is 2. The molecule has 0 aliphatic carbocycles. The lowest BCUT2D eigenvalue weighted by atomic mass is 9.83. The van der Waals surface area contributed by atoms with Crippen LogP contribution < -0.4 is 42.4 Å². The van der Waals surface area contributed by atoms with Gasteiger partial charge in [-0.2, -0.15) is 0 Å². The highest BCUT2D eigenvalue weighted by atomic mass is 16.6. The fourth-order valence-electron chi connectivity index (χ4n) is 11.2. The van der Waals surface area contributed by atoms with E-state index in [2.05, 4.69) is 36.9 Å². The average Bonchev–Trinajstić information content (AvgIpc) is 4.10. The maximum Gasteiger partial charge on any atom is 0.407 e. The molecule has 0 radical (unpaired) electrons. The first kappa shape index (κ1) is 56.4. The van der Waals surface area contributed by atoms with E-state index in [9.17, 15) is 4.79 Å². The largest absolute Gasteiger partial charge is 0.489 e. The van der Waals surface area contributed by atoms with Crippen molar-refractivity contribution in [1.29, 1.82) is 0 Å². The molecule has 5 aromatic carbocycles. The van der Waals surface area contributed by atoms with Crippen LogP contribution in [0.5, 0.6) is 5.75 Å². The highest BCUT2D eigenvalue weighted by molar-refractivity contribution is 5.99. The summed E-state index contributed by atoms with van der Waals surface area (Å²) in [5.41, 5.74) is 11.0. The summed E-state index contributed by atoms with van der Waals surface area (Å²) < 4.78 is 11.9. The lowest BCUT2D eigenvalue weighted by molar-refractivity contribution is -0.143. The van der Waals surface area contributed by atoms with Gasteiger partial charge < -0.3 is 57.0 Å². The average molecular weight is 1090 g/mol. The molecule has 18 nitrogen and oxygen atoms in total. The first-order chi connectivity index (χ1) is 38.9. The smallest absolute Gasteiger partial charge is 0.407 e. The number of amides is 6. The van der Waals surface area contributed by atoms with Crippen LogP contribution in [0.1, 0.15) is 71.5 Å². The zero-order chi connectivity index (χ0) is 56.0. The van der Waals surface area contributed by atoms with E-state index in [0.29, 0.717) is 35.5 Å². The Morgan fingerprint density at radius 2 is 1.32 bits per heavy atom. The number of aromatic amines is 1. The molecule has 3 aliphatic heterocycles. The number of rotatable bonds is 15. The van der Waals surface area contributed by atoms with Gasteiger partial charge in [-0.15, -0.1) is 0 Å². The van der Waals surface area contributed by atoms with Crippen LogP contribution in [-0.2, 0) is 59.4 Å². The summed E-state index contributed by atoms with van der Waals surface area (Å²) in [5, 5.41) is 18.8. The third kappa shape index (κ3) is 14.7. The van der Waals surface area contributed by atoms with Gasteiger partial charge in [0.1, 0.15) is 42.6 Å². The SMILES string of the molecule is Cc1cccc2[nH]cc(C[C@H]3NC(=O)[C@H](c4ccccc4)NC(=O)[C@@H]4C[C@@H](OC(=O)NCCN)CN4C(=O)[C@H](Cc4ccccc4)NC(=O)[C@H](Cc4ccc(OCc5ccccc5)cc4)NC(=O)[C@H](CC4CCNCC4)CC3=O)c12. The van der Waals surface area contributed by atoms with Gasteiger partial charge in [-0.05, 0) is 96.8 Å². The number of hydrogen-bond acceptors (Lipinski definition) is 11. The van der Waals surface area contributed by atoms with E-state index >= 15 is 28.8 Å². The highest BCUT2D eigenvalue weighted by Gasteiger charge is 2.45. The molecule has 0 bridgehead atoms. The Hall–Kier alpha value is -8.35. The third-order valence-corrected chi connectivity index (χ3v) is 15.4. The Morgan fingerprint density at radius 1 is 0.675 bits per heavy atom. The molecule has 0 unspecified atom stereocenters. The molecule has 418 valence electrons. The number of ketones is 1. The molecule has 80 heavy (non-hydrogen) atoms. The number of H-pyrrole nitrogens is 1. The zero-order valence-corrected chi connectivity index (χ0v) is 45.0. The number of piperidine rings is 1. The lowest BCUT2D eigenvalue weighted by Gasteiger charge is -2.32. The summed E-state index contributed by atoms with van der Waals surface area (Å²) in [6, 6.07) is 33.9. The van der Waals surface area contributed by atoms with Crippen LogP contribution in [0.4, 0.5) is 4.79 Å². The number of carbonyl (C=O) groups excluding carboxylic acids is 7. The van der Waals surface area contributed by atoms with Gasteiger partial charge >= 0.3 is 6.09 Å². The lowest BCUT2D eigenvalue weighted by Crippen LogP contribution is -2.59. The summed E-state index contributed by atoms with van der Waals surface area (Å²) >= 11 is 0. The van der Waals surface area contributed by atoms with E-state index in [1.807, 2.05) is 92.0 Å². The Labute approximate surface area is 465 Å². The van der Waals surface area contributed by atoms with Gasteiger partial charge in [-0.3, -0.25) is 28.8 Å². The number of benzene rings is 5. The maximum absolute atomic E-state index is 15.4. The molecule has 0 spiro atoms. The number of nitrogens with zero attached hydrogens (tertiary/aromatic N) is 1. The van der Waals surface area contributed by atoms with E-state index in [-0.39, 0.29) is 57.7 Å². The van der Waals surface area contributed by atoms with E-state index < -0.39 is 83.6 Å². The molecule has 3 saturated heterocycles. The molecular formula is C62H71N9O9. The minimum Gasteiger partial charge on any atom is -0.489 e. The van der Waals surface area contributed by atoms with Crippen LogP contribution in [0, 0.1) is 18.8 Å². The summed E-state index contributed by atoms with van der Waals surface area (Å²) in [4.78, 5) is 109. The molecule has 6 aromatic rings. The molecule has 9 N–H and O–H groups in total. The van der Waals surface area contributed by atoms with Crippen molar-refractivity contribution in [3.8, 4) is 5.75 Å². The van der Waals surface area contributed by atoms with Gasteiger partial charge in [0.15, 0.2) is 5.78 Å². The normalized spacial score (nSPS) is 22.7. The first-order valence-electron chi connectivity index (χ1n) is 27.7. The standard InChI is InChI=1S/C62H71N9O9/c1-39-12-11-19-49-55(39)46(36-66-49)33-50-54(72)34-45(30-42-24-27-64-28-25-42)57(73)68-51(31-41-20-22-47(23-21-41)79-38-43-15-7-3-8-16-43)58(74)69-52(32-40-13-5-2-6-14-40)61(77)71-37-48(80-62(78)65-29-26-63)35-53(71)59(75)70-56(60(76)67-50)44-17-9-4-10-18-44/h2-23,36,42,45,48,50-53,56,64,66H,24-35,37-38,63H2,1H3,(H,65,78)(H,67,76)(H,68,73)(H,69,74)(H,70,75)/t45-,48-,50-,51+,52+,53+,56+/m1/s1. The summed E-state index contributed by atoms with van der Waals surface area (Å²) in [6.07, 6.45) is 1.44. The van der Waals surface area contributed by atoms with Crippen LogP contribution >= 0.6 is 0 Å². The predicted octanol–water partition coefficient (Wildman–Crippen LogP) is 5.03. The molecule has 4 heterocycles. The molecule has 18 heteroatoms. The number of Topliss-reactive ketones (excluding diaryl/α,β-unsaturated/α-hetero) is 1. The number of hydrogen-bond donors (Lipinski definition) is 8. The number of alkyl carbamates (subject to hydrolysis) is 1. The van der Waals surface area contributed by atoms with Crippen LogP contribution in [0.15, 0.2) is 140 Å². The number of nitrogens with two attached hydrogens (primary N) is 1. The quantitative estimate of drug-likeness (QED) is 0.0677. The molecular weight excluding hydrogens is 1010 g/mol. The molecule has 1 aromatic heterocycles. The Kier molecular flexibility index (Phi) is 19.0. The minimum absolute atomic E-state index is 0.0150. The fourth-order valence-corrected chi connectivity index (χ4v) is 11.2. The molecule has 6 amide bonds. The van der Waals surface area contributed by atoms with Crippen LogP contribution in [0.2, 0.25) is 0 Å². The van der Waals surface area contributed by atoms with E-state index in [1.54, 1.807) is 54.6 Å². The zero-order valence-electron chi connectivity index (χ0n) is 45.0. The second-order valence-corrected chi connectivity index (χ2v) is 21.1. The van der Waals surface area contributed by atoms with Crippen LogP contribution in [-0.4, -0.2) is 114 Å². The monoisotopic (exact) mass is 1090 g/mol. The number of aromatic nitrogens is 1. The maximum atomic E-state index is 15.4. The van der Waals surface area contributed by atoms with Crippen molar-refractivity contribution >= 4 is 52.3 Å². The molecule has 3 aliphatic rings. The van der Waals surface area contributed by atoms with Crippen molar-refractivity contribution in [3.63, 3.8) is 0 Å². The molecule has 0 saturated carbocycles. The van der Waals surface area contributed by atoms with Gasteiger partial charge in [0.25, 0.3) is 0 Å². The van der Waals surface area contributed by atoms with Crippen molar-refractivity contribution in [2.45, 2.75) is 101 Å². The minimum atomic E-state index is -1.38. The second kappa shape index (κ2) is 27.0. The highest BCUT2D eigenvalue weighted by Crippen LogP contribution is 2.29. The first-order valence-corrected chi connectivity index (χ1v) is 27.7. The van der Waals surface area contributed by atoms with Crippen LogP contribution in [0.25, 0.3) is 10.9 Å².